The summed E-state index contributed by atoms with van der Waals surface area (Å²) in [5, 5.41) is 7.21. The van der Waals surface area contributed by atoms with Gasteiger partial charge >= 0.3 is 5.51 Å². The topological polar surface area (TPSA) is 114 Å². The quantitative estimate of drug-likeness (QED) is 0.0943. The van der Waals surface area contributed by atoms with Gasteiger partial charge in [0.25, 0.3) is 15.9 Å². The Kier molecular flexibility index (Phi) is 15.9. The van der Waals surface area contributed by atoms with Crippen molar-refractivity contribution in [3.8, 4) is 0 Å². The van der Waals surface area contributed by atoms with Crippen LogP contribution in [0.5, 0.6) is 0 Å². The van der Waals surface area contributed by atoms with Gasteiger partial charge in [0.15, 0.2) is 10.8 Å². The number of carbonyl (C=O) groups excluding carboxylic acids is 1. The number of thioether (sulfide) groups is 1. The highest BCUT2D eigenvalue weighted by Crippen LogP contribution is 2.43. The number of anilines is 2. The van der Waals surface area contributed by atoms with Crippen molar-refractivity contribution in [2.24, 2.45) is 5.41 Å². The molecule has 1 amide bonds. The molecule has 1 unspecified atom stereocenters. The van der Waals surface area contributed by atoms with E-state index in [-0.39, 0.29) is 22.7 Å². The van der Waals surface area contributed by atoms with Crippen molar-refractivity contribution >= 4 is 67.0 Å². The van der Waals surface area contributed by atoms with Gasteiger partial charge in [0.2, 0.25) is 0 Å². The highest BCUT2D eigenvalue weighted by atomic mass is 35.5. The van der Waals surface area contributed by atoms with Crippen LogP contribution < -0.4 is 20.3 Å². The number of benzene rings is 4. The number of alkyl halides is 3. The summed E-state index contributed by atoms with van der Waals surface area (Å²) in [4.78, 5) is 20.0. The fourth-order valence-electron chi connectivity index (χ4n) is 8.53. The Balaban J connectivity index is 1.000. The molecule has 2 saturated heterocycles. The number of hydrogen-bond acceptors (Lipinski definition) is 10. The number of allylic oxidation sites excluding steroid dienone is 1. The molecule has 0 saturated carbocycles. The first-order chi connectivity index (χ1) is 30.5. The lowest BCUT2D eigenvalue weighted by Gasteiger charge is -2.39. The molecule has 1 aliphatic carbocycles. The molecule has 0 bridgehead atoms. The van der Waals surface area contributed by atoms with Gasteiger partial charge in [0.05, 0.1) is 15.5 Å². The summed E-state index contributed by atoms with van der Waals surface area (Å²) >= 11 is 7.73. The van der Waals surface area contributed by atoms with Crippen LogP contribution in [0.15, 0.2) is 117 Å². The Morgan fingerprint density at radius 2 is 1.59 bits per heavy atom. The Morgan fingerprint density at radius 1 is 0.906 bits per heavy atom. The third-order valence-electron chi connectivity index (χ3n) is 12.1. The molecule has 10 nitrogen and oxygen atoms in total. The number of sulfonamides is 1. The van der Waals surface area contributed by atoms with Gasteiger partial charge in [-0.15, -0.1) is 11.8 Å². The first-order valence-corrected chi connectivity index (χ1v) is 25.6. The average Bonchev–Trinajstić information content (AvgIpc) is 3.28. The smallest absolute Gasteiger partial charge is 0.380 e. The second-order valence-corrected chi connectivity index (χ2v) is 22.0. The van der Waals surface area contributed by atoms with Crippen LogP contribution in [0.3, 0.4) is 0 Å². The summed E-state index contributed by atoms with van der Waals surface area (Å²) in [5.74, 6) is -0.452. The second kappa shape index (κ2) is 21.2. The second-order valence-electron chi connectivity index (χ2n) is 17.4. The number of piperazine rings is 2. The van der Waals surface area contributed by atoms with Crippen LogP contribution in [0.4, 0.5) is 24.5 Å². The van der Waals surface area contributed by atoms with E-state index in [0.717, 1.165) is 106 Å². The summed E-state index contributed by atoms with van der Waals surface area (Å²) < 4.78 is 84.4. The van der Waals surface area contributed by atoms with Gasteiger partial charge in [-0.3, -0.25) is 9.69 Å². The summed E-state index contributed by atoms with van der Waals surface area (Å²) in [5.41, 5.74) is 0.0296. The maximum atomic E-state index is 14.1. The molecule has 2 fully saturated rings. The fraction of sp³-hybridized carbons (Fsp3) is 0.426. The van der Waals surface area contributed by atoms with E-state index in [0.29, 0.717) is 18.7 Å². The predicted octanol–water partition coefficient (Wildman–Crippen LogP) is 8.74. The van der Waals surface area contributed by atoms with Crippen LogP contribution in [-0.4, -0.2) is 111 Å². The number of carbonyl (C=O) groups is 1. The third kappa shape index (κ3) is 12.9. The van der Waals surface area contributed by atoms with Crippen LogP contribution in [0, 0.1) is 5.41 Å². The first-order valence-electron chi connectivity index (χ1n) is 21.6. The monoisotopic (exact) mass is 956 g/mol. The Labute approximate surface area is 386 Å². The molecule has 0 spiro atoms. The van der Waals surface area contributed by atoms with Gasteiger partial charge < -0.3 is 20.4 Å². The number of amides is 1. The molecule has 2 heterocycles. The number of halogens is 4. The Hall–Kier alpha value is -3.90. The van der Waals surface area contributed by atoms with Crippen molar-refractivity contribution in [3.63, 3.8) is 0 Å². The molecule has 4 aromatic rings. The van der Waals surface area contributed by atoms with E-state index in [1.165, 1.54) is 46.7 Å². The van der Waals surface area contributed by atoms with Crippen LogP contribution in [0.25, 0.3) is 5.57 Å². The molecule has 0 aromatic heterocycles. The minimum Gasteiger partial charge on any atom is -0.380 e. The Morgan fingerprint density at radius 3 is 2.27 bits per heavy atom. The zero-order valence-electron chi connectivity index (χ0n) is 36.1. The van der Waals surface area contributed by atoms with E-state index in [4.69, 9.17) is 11.6 Å². The summed E-state index contributed by atoms with van der Waals surface area (Å²) in [6.45, 7) is 12.8. The van der Waals surface area contributed by atoms with Gasteiger partial charge in [-0.05, 0) is 109 Å². The van der Waals surface area contributed by atoms with Crippen LogP contribution >= 0.6 is 23.4 Å². The molecule has 0 radical (unpaired) electrons. The summed E-state index contributed by atoms with van der Waals surface area (Å²) in [6.07, 6.45) is 3.77. The van der Waals surface area contributed by atoms with Crippen molar-refractivity contribution in [1.29, 1.82) is 0 Å². The molecule has 3 aliphatic rings. The minimum atomic E-state index is -5.17. The molecule has 2 aliphatic heterocycles. The van der Waals surface area contributed by atoms with Gasteiger partial charge in [0.1, 0.15) is 0 Å². The van der Waals surface area contributed by atoms with Gasteiger partial charge in [-0.1, -0.05) is 61.4 Å². The maximum absolute atomic E-state index is 14.1. The molecule has 7 rings (SSSR count). The third-order valence-corrected chi connectivity index (χ3v) is 16.0. The summed E-state index contributed by atoms with van der Waals surface area (Å²) in [7, 11) is -8.25. The van der Waals surface area contributed by atoms with E-state index in [9.17, 15) is 30.6 Å². The molecule has 344 valence electrons. The lowest BCUT2D eigenvalue weighted by molar-refractivity contribution is -0.0384. The molecular formula is C47H56ClF3N6O4S3. The normalized spacial score (nSPS) is 18.7. The SMILES string of the molecule is CC1(C)CCC(c2ccc(Cl)cc2)=C(CN2CCN(c3ccc(C(=O)NS(=O)(=O)c4ccc(N[C@H](CCN5CCNCC5)CSc5ccccc5)c(S(=O)C(F)(F)F)c4)cc3)CC2)C1. The lowest BCUT2D eigenvalue weighted by atomic mass is 9.73. The van der Waals surface area contributed by atoms with Gasteiger partial charge in [-0.25, -0.2) is 17.3 Å². The zero-order valence-corrected chi connectivity index (χ0v) is 39.3. The fourth-order valence-corrected chi connectivity index (χ4v) is 11.5. The zero-order chi connectivity index (χ0) is 45.5. The molecule has 4 aromatic carbocycles. The largest absolute Gasteiger partial charge is 0.475 e. The van der Waals surface area contributed by atoms with Crippen LogP contribution in [-0.2, 0) is 20.8 Å². The van der Waals surface area contributed by atoms with Crippen molar-refractivity contribution in [1.82, 2.24) is 19.8 Å². The van der Waals surface area contributed by atoms with E-state index >= 15 is 0 Å². The van der Waals surface area contributed by atoms with Gasteiger partial charge in [-0.2, -0.15) is 13.2 Å². The lowest BCUT2D eigenvalue weighted by Crippen LogP contribution is -2.47. The highest BCUT2D eigenvalue weighted by molar-refractivity contribution is 7.99. The molecule has 64 heavy (non-hydrogen) atoms. The van der Waals surface area contributed by atoms with Crippen molar-refractivity contribution in [3.05, 3.63) is 119 Å². The predicted molar refractivity (Wildman–Crippen MR) is 253 cm³/mol. The van der Waals surface area contributed by atoms with Crippen molar-refractivity contribution < 1.29 is 30.6 Å². The van der Waals surface area contributed by atoms with Crippen molar-refractivity contribution in [2.75, 3.05) is 81.4 Å². The number of hydrogen-bond donors (Lipinski definition) is 3. The summed E-state index contributed by atoms with van der Waals surface area (Å²) in [6, 6.07) is 27.0. The number of nitrogens with zero attached hydrogens (tertiary/aromatic N) is 3. The first kappa shape index (κ1) is 48.0. The number of rotatable bonds is 16. The van der Waals surface area contributed by atoms with Crippen LogP contribution in [0.2, 0.25) is 5.02 Å². The average molecular weight is 958 g/mol. The van der Waals surface area contributed by atoms with Crippen molar-refractivity contribution in [2.45, 2.75) is 65.8 Å². The van der Waals surface area contributed by atoms with E-state index in [1.54, 1.807) is 12.1 Å². The van der Waals surface area contributed by atoms with Gasteiger partial charge in [0, 0.05) is 98.4 Å². The van der Waals surface area contributed by atoms with Crippen LogP contribution in [0.1, 0.15) is 55.5 Å². The standard InChI is InChI=1S/C47H56ClF3N6O4S3/c1-46(2)20-18-42(34-8-12-37(48)13-9-34)36(31-46)32-56-26-28-57(29-27-56)39-14-10-35(11-15-39)45(58)54-64(60,61)41-16-17-43(44(30-41)63(59)47(49,50)51)53-38(19-23-55-24-21-52-22-25-55)33-62-40-6-4-3-5-7-40/h3-17,30,38,52-53H,18-29,31-33H2,1-2H3,(H,54,58)/t38-,63?/m1/s1. The number of nitrogens with one attached hydrogen (secondary N) is 3. The molecule has 17 heteroatoms. The molecule has 3 N–H and O–H groups in total. The maximum Gasteiger partial charge on any atom is 0.475 e. The highest BCUT2D eigenvalue weighted by Gasteiger charge is 2.40. The van der Waals surface area contributed by atoms with E-state index in [2.05, 4.69) is 51.3 Å². The molecular weight excluding hydrogens is 901 g/mol. The Bertz CT molecular complexity index is 2390. The van der Waals surface area contributed by atoms with E-state index in [1.807, 2.05) is 47.2 Å². The molecule has 2 atom stereocenters. The van der Waals surface area contributed by atoms with E-state index < -0.39 is 42.0 Å². The minimum absolute atomic E-state index is 0.0631.